The van der Waals surface area contributed by atoms with Crippen LogP contribution in [0.15, 0.2) is 47.4 Å². The minimum atomic E-state index is -3.64. The lowest BCUT2D eigenvalue weighted by molar-refractivity contribution is -0.114. The van der Waals surface area contributed by atoms with E-state index in [2.05, 4.69) is 15.5 Å². The zero-order valence-corrected chi connectivity index (χ0v) is 20.3. The van der Waals surface area contributed by atoms with Gasteiger partial charge in [-0.3, -0.25) is 4.79 Å². The van der Waals surface area contributed by atoms with Crippen molar-refractivity contribution in [3.63, 3.8) is 0 Å². The van der Waals surface area contributed by atoms with E-state index >= 15 is 0 Å². The Morgan fingerprint density at radius 2 is 1.74 bits per heavy atom. The van der Waals surface area contributed by atoms with Gasteiger partial charge in [0.2, 0.25) is 15.9 Å². The molecule has 2 aliphatic rings. The quantitative estimate of drug-likeness (QED) is 0.560. The van der Waals surface area contributed by atoms with Crippen LogP contribution >= 0.6 is 0 Å². The topological polar surface area (TPSA) is 100 Å². The molecule has 0 unspecified atom stereocenters. The van der Waals surface area contributed by atoms with Gasteiger partial charge < -0.3 is 25.0 Å². The summed E-state index contributed by atoms with van der Waals surface area (Å²) in [5.41, 5.74) is 2.21. The number of benzene rings is 2. The minimum Gasteiger partial charge on any atom is -0.494 e. The number of carbonyl (C=O) groups is 1. The molecule has 10 heteroatoms. The molecular formula is C24H32N4O5S. The van der Waals surface area contributed by atoms with Gasteiger partial charge in [0, 0.05) is 31.9 Å². The van der Waals surface area contributed by atoms with E-state index in [9.17, 15) is 13.2 Å². The number of nitrogens with one attached hydrogen (secondary N) is 2. The SMILES string of the molecule is CCOc1ccc(NC(=O)CNc2cc(S(=O)(=O)N3CCOCC3)ccc2N2CCCC2)cc1. The van der Waals surface area contributed by atoms with E-state index in [1.165, 1.54) is 4.31 Å². The molecule has 0 saturated carbocycles. The summed E-state index contributed by atoms with van der Waals surface area (Å²) in [6.45, 7) is 5.77. The molecule has 2 aliphatic heterocycles. The summed E-state index contributed by atoms with van der Waals surface area (Å²) in [6, 6.07) is 12.3. The molecule has 1 amide bonds. The monoisotopic (exact) mass is 488 g/mol. The van der Waals surface area contributed by atoms with Gasteiger partial charge in [0.1, 0.15) is 5.75 Å². The first kappa shape index (κ1) is 24.3. The predicted molar refractivity (Wildman–Crippen MR) is 132 cm³/mol. The van der Waals surface area contributed by atoms with Gasteiger partial charge in [-0.05, 0) is 62.2 Å². The van der Waals surface area contributed by atoms with Crippen molar-refractivity contribution in [1.82, 2.24) is 4.31 Å². The third-order valence-electron chi connectivity index (χ3n) is 5.91. The Balaban J connectivity index is 1.49. The smallest absolute Gasteiger partial charge is 0.243 e. The average Bonchev–Trinajstić information content (AvgIpc) is 3.39. The molecular weight excluding hydrogens is 456 g/mol. The van der Waals surface area contributed by atoms with Gasteiger partial charge in [-0.15, -0.1) is 0 Å². The zero-order valence-electron chi connectivity index (χ0n) is 19.5. The summed E-state index contributed by atoms with van der Waals surface area (Å²) in [6.07, 6.45) is 2.18. The maximum atomic E-state index is 13.2. The molecule has 2 heterocycles. The standard InChI is InChI=1S/C24H32N4O5S/c1-2-33-20-7-5-19(6-8-20)26-24(29)18-25-22-17-21(9-10-23(22)27-11-3-4-12-27)34(30,31)28-13-15-32-16-14-28/h5-10,17,25H,2-4,11-16,18H2,1H3,(H,26,29). The molecule has 2 N–H and O–H groups in total. The van der Waals surface area contributed by atoms with E-state index in [-0.39, 0.29) is 17.3 Å². The van der Waals surface area contributed by atoms with Crippen LogP contribution in [-0.4, -0.2) is 71.2 Å². The summed E-state index contributed by atoms with van der Waals surface area (Å²) < 4.78 is 38.5. The first-order valence-corrected chi connectivity index (χ1v) is 13.1. The molecule has 2 aromatic carbocycles. The van der Waals surface area contributed by atoms with E-state index in [0.717, 1.165) is 37.4 Å². The fourth-order valence-electron chi connectivity index (χ4n) is 4.17. The van der Waals surface area contributed by atoms with Crippen molar-refractivity contribution in [2.45, 2.75) is 24.7 Å². The number of rotatable bonds is 9. The summed E-state index contributed by atoms with van der Waals surface area (Å²) in [4.78, 5) is 15.0. The van der Waals surface area contributed by atoms with Gasteiger partial charge in [-0.2, -0.15) is 4.31 Å². The molecule has 2 saturated heterocycles. The van der Waals surface area contributed by atoms with E-state index in [4.69, 9.17) is 9.47 Å². The second-order valence-corrected chi connectivity index (χ2v) is 10.2. The zero-order chi connectivity index (χ0) is 24.0. The molecule has 0 radical (unpaired) electrons. The highest BCUT2D eigenvalue weighted by atomic mass is 32.2. The van der Waals surface area contributed by atoms with Gasteiger partial charge in [0.15, 0.2) is 0 Å². The van der Waals surface area contributed by atoms with Crippen LogP contribution in [0.4, 0.5) is 17.1 Å². The van der Waals surface area contributed by atoms with E-state index < -0.39 is 10.0 Å². The molecule has 0 aliphatic carbocycles. The van der Waals surface area contributed by atoms with Crippen LogP contribution in [-0.2, 0) is 19.6 Å². The molecule has 0 aromatic heterocycles. The molecule has 34 heavy (non-hydrogen) atoms. The van der Waals surface area contributed by atoms with Crippen LogP contribution in [0.25, 0.3) is 0 Å². The highest BCUT2D eigenvalue weighted by Gasteiger charge is 2.28. The number of hydrogen-bond donors (Lipinski definition) is 2. The van der Waals surface area contributed by atoms with Gasteiger partial charge in [-0.25, -0.2) is 8.42 Å². The Hall–Kier alpha value is -2.82. The summed E-state index contributed by atoms with van der Waals surface area (Å²) in [7, 11) is -3.64. The van der Waals surface area contributed by atoms with Crippen molar-refractivity contribution >= 4 is 33.0 Å². The molecule has 0 spiro atoms. The van der Waals surface area contributed by atoms with Crippen LogP contribution in [0.2, 0.25) is 0 Å². The highest BCUT2D eigenvalue weighted by Crippen LogP contribution is 2.32. The van der Waals surface area contributed by atoms with Crippen molar-refractivity contribution < 1.29 is 22.7 Å². The van der Waals surface area contributed by atoms with Crippen LogP contribution in [0.3, 0.4) is 0 Å². The van der Waals surface area contributed by atoms with Crippen LogP contribution < -0.4 is 20.3 Å². The number of hydrogen-bond acceptors (Lipinski definition) is 7. The number of nitrogens with zero attached hydrogens (tertiary/aromatic N) is 2. The average molecular weight is 489 g/mol. The first-order valence-electron chi connectivity index (χ1n) is 11.7. The number of carbonyl (C=O) groups excluding carboxylic acids is 1. The van der Waals surface area contributed by atoms with Crippen molar-refractivity contribution in [3.8, 4) is 5.75 Å². The fourth-order valence-corrected chi connectivity index (χ4v) is 5.60. The number of sulfonamides is 1. The van der Waals surface area contributed by atoms with Crippen LogP contribution in [0, 0.1) is 0 Å². The Kier molecular flexibility index (Phi) is 7.91. The maximum absolute atomic E-state index is 13.2. The second kappa shape index (κ2) is 11.1. The van der Waals surface area contributed by atoms with Crippen LogP contribution in [0.1, 0.15) is 19.8 Å². The van der Waals surface area contributed by atoms with Gasteiger partial charge in [0.05, 0.1) is 42.6 Å². The predicted octanol–water partition coefficient (Wildman–Crippen LogP) is 2.76. The van der Waals surface area contributed by atoms with E-state index in [0.29, 0.717) is 44.3 Å². The molecule has 184 valence electrons. The third kappa shape index (κ3) is 5.81. The molecule has 9 nitrogen and oxygen atoms in total. The van der Waals surface area contributed by atoms with Crippen molar-refractivity contribution in [2.24, 2.45) is 0 Å². The summed E-state index contributed by atoms with van der Waals surface area (Å²) in [5, 5.41) is 6.03. The number of morpholine rings is 1. The molecule has 4 rings (SSSR count). The number of ether oxygens (including phenoxy) is 2. The second-order valence-electron chi connectivity index (χ2n) is 8.25. The van der Waals surface area contributed by atoms with Crippen molar-refractivity contribution in [1.29, 1.82) is 0 Å². The lowest BCUT2D eigenvalue weighted by Crippen LogP contribution is -2.40. The number of anilines is 3. The molecule has 2 fully saturated rings. The summed E-state index contributed by atoms with van der Waals surface area (Å²) in [5.74, 6) is 0.519. The Labute approximate surface area is 201 Å². The van der Waals surface area contributed by atoms with Crippen molar-refractivity contribution in [2.75, 3.05) is 68.1 Å². The van der Waals surface area contributed by atoms with E-state index in [1.807, 2.05) is 13.0 Å². The fraction of sp³-hybridized carbons (Fsp3) is 0.458. The van der Waals surface area contributed by atoms with Gasteiger partial charge in [0.25, 0.3) is 0 Å². The van der Waals surface area contributed by atoms with Gasteiger partial charge in [-0.1, -0.05) is 0 Å². The van der Waals surface area contributed by atoms with E-state index in [1.54, 1.807) is 36.4 Å². The normalized spacial score (nSPS) is 16.9. The highest BCUT2D eigenvalue weighted by molar-refractivity contribution is 7.89. The lowest BCUT2D eigenvalue weighted by Gasteiger charge is -2.27. The molecule has 0 bridgehead atoms. The minimum absolute atomic E-state index is 0.00903. The maximum Gasteiger partial charge on any atom is 0.243 e. The lowest BCUT2D eigenvalue weighted by atomic mass is 10.2. The number of amides is 1. The molecule has 0 atom stereocenters. The Morgan fingerprint density at radius 1 is 1.03 bits per heavy atom. The third-order valence-corrected chi connectivity index (χ3v) is 7.81. The van der Waals surface area contributed by atoms with Crippen molar-refractivity contribution in [3.05, 3.63) is 42.5 Å². The molecule has 2 aromatic rings. The Morgan fingerprint density at radius 3 is 2.41 bits per heavy atom. The Bertz CT molecular complexity index is 1080. The largest absolute Gasteiger partial charge is 0.494 e. The van der Waals surface area contributed by atoms with Gasteiger partial charge >= 0.3 is 0 Å². The van der Waals surface area contributed by atoms with Crippen LogP contribution in [0.5, 0.6) is 5.75 Å². The summed E-state index contributed by atoms with van der Waals surface area (Å²) >= 11 is 0. The first-order chi connectivity index (χ1) is 16.5.